The smallest absolute Gasteiger partial charge is 0.300 e. The van der Waals surface area contributed by atoms with Crippen molar-refractivity contribution in [2.45, 2.75) is 24.3 Å². The number of aliphatic hydroxyl groups is 1. The number of primary sulfonamides is 1. The molecular weight excluding hydrogens is 448 g/mol. The SMILES string of the molecule is CCc1ccc(/C(O)=C2/C(=O)C(=O)N(c3ccc(S(N)(=O)=O)cc3)C2c2cccs2)cc1. The summed E-state index contributed by atoms with van der Waals surface area (Å²) in [6.45, 7) is 2.01. The zero-order valence-electron chi connectivity index (χ0n) is 17.1. The summed E-state index contributed by atoms with van der Waals surface area (Å²) in [4.78, 5) is 27.9. The predicted molar refractivity (Wildman–Crippen MR) is 123 cm³/mol. The molecule has 2 aromatic carbocycles. The average Bonchev–Trinajstić information content (AvgIpc) is 3.40. The lowest BCUT2D eigenvalue weighted by atomic mass is 9.99. The van der Waals surface area contributed by atoms with Gasteiger partial charge >= 0.3 is 0 Å². The van der Waals surface area contributed by atoms with Crippen molar-refractivity contribution < 1.29 is 23.1 Å². The first kappa shape index (κ1) is 21.9. The lowest BCUT2D eigenvalue weighted by molar-refractivity contribution is -0.132. The second-order valence-electron chi connectivity index (χ2n) is 7.27. The molecule has 0 spiro atoms. The summed E-state index contributed by atoms with van der Waals surface area (Å²) in [5.41, 5.74) is 1.81. The third-order valence-corrected chi connectivity index (χ3v) is 7.19. The minimum Gasteiger partial charge on any atom is -0.507 e. The molecule has 1 unspecified atom stereocenters. The van der Waals surface area contributed by atoms with Crippen molar-refractivity contribution in [2.75, 3.05) is 4.90 Å². The first-order chi connectivity index (χ1) is 15.2. The highest BCUT2D eigenvalue weighted by atomic mass is 32.2. The zero-order chi connectivity index (χ0) is 23.0. The first-order valence-corrected chi connectivity index (χ1v) is 12.2. The Hall–Kier alpha value is -3.27. The Morgan fingerprint density at radius 3 is 2.25 bits per heavy atom. The van der Waals surface area contributed by atoms with Crippen LogP contribution in [0.1, 0.15) is 29.0 Å². The highest BCUT2D eigenvalue weighted by molar-refractivity contribution is 7.89. The van der Waals surface area contributed by atoms with Crippen molar-refractivity contribution in [1.29, 1.82) is 0 Å². The number of benzene rings is 2. The number of carbonyl (C=O) groups is 2. The Balaban J connectivity index is 1.86. The Kier molecular flexibility index (Phi) is 5.72. The molecule has 1 amide bonds. The molecule has 1 aliphatic rings. The molecule has 0 aliphatic carbocycles. The highest BCUT2D eigenvalue weighted by Gasteiger charge is 2.47. The monoisotopic (exact) mass is 468 g/mol. The fraction of sp³-hybridized carbons (Fsp3) is 0.130. The molecular formula is C23H20N2O5S2. The molecule has 0 radical (unpaired) electrons. The number of hydrogen-bond acceptors (Lipinski definition) is 6. The third kappa shape index (κ3) is 3.86. The Morgan fingerprint density at radius 1 is 1.06 bits per heavy atom. The molecule has 9 heteroatoms. The summed E-state index contributed by atoms with van der Waals surface area (Å²) in [6, 6.07) is 15.3. The van der Waals surface area contributed by atoms with Crippen molar-refractivity contribution >= 4 is 44.5 Å². The van der Waals surface area contributed by atoms with E-state index in [1.807, 2.05) is 24.4 Å². The van der Waals surface area contributed by atoms with Gasteiger partial charge in [-0.1, -0.05) is 37.3 Å². The number of ketones is 1. The van der Waals surface area contributed by atoms with Crippen LogP contribution in [-0.2, 0) is 26.0 Å². The van der Waals surface area contributed by atoms with Gasteiger partial charge in [0.1, 0.15) is 11.8 Å². The van der Waals surface area contributed by atoms with Crippen LogP contribution >= 0.6 is 11.3 Å². The Morgan fingerprint density at radius 2 is 1.72 bits per heavy atom. The van der Waals surface area contributed by atoms with Gasteiger partial charge in [0.15, 0.2) is 0 Å². The van der Waals surface area contributed by atoms with Gasteiger partial charge in [-0.05, 0) is 47.7 Å². The fourth-order valence-electron chi connectivity index (χ4n) is 3.67. The number of rotatable bonds is 5. The van der Waals surface area contributed by atoms with Crippen LogP contribution in [0.2, 0.25) is 0 Å². The van der Waals surface area contributed by atoms with Crippen LogP contribution in [0.25, 0.3) is 5.76 Å². The molecule has 1 atom stereocenters. The molecule has 1 saturated heterocycles. The molecule has 164 valence electrons. The van der Waals surface area contributed by atoms with E-state index in [0.717, 1.165) is 12.0 Å². The molecule has 7 nitrogen and oxygen atoms in total. The average molecular weight is 469 g/mol. The number of hydrogen-bond donors (Lipinski definition) is 2. The molecule has 32 heavy (non-hydrogen) atoms. The van der Waals surface area contributed by atoms with E-state index < -0.39 is 27.8 Å². The zero-order valence-corrected chi connectivity index (χ0v) is 18.7. The lowest BCUT2D eigenvalue weighted by Crippen LogP contribution is -2.29. The van der Waals surface area contributed by atoms with Crippen molar-refractivity contribution in [2.24, 2.45) is 5.14 Å². The maximum Gasteiger partial charge on any atom is 0.300 e. The van der Waals surface area contributed by atoms with E-state index in [2.05, 4.69) is 0 Å². The topological polar surface area (TPSA) is 118 Å². The Bertz CT molecular complexity index is 1310. The second-order valence-corrected chi connectivity index (χ2v) is 9.81. The van der Waals surface area contributed by atoms with E-state index >= 15 is 0 Å². The summed E-state index contributed by atoms with van der Waals surface area (Å²) in [6.07, 6.45) is 0.829. The van der Waals surface area contributed by atoms with Gasteiger partial charge in [0.25, 0.3) is 11.7 Å². The van der Waals surface area contributed by atoms with Gasteiger partial charge in [0, 0.05) is 16.1 Å². The summed E-state index contributed by atoms with van der Waals surface area (Å²) in [7, 11) is -3.91. The van der Waals surface area contributed by atoms with Gasteiger partial charge in [-0.15, -0.1) is 11.3 Å². The van der Waals surface area contributed by atoms with Crippen LogP contribution in [0.4, 0.5) is 5.69 Å². The van der Waals surface area contributed by atoms with Gasteiger partial charge in [0.2, 0.25) is 10.0 Å². The minimum atomic E-state index is -3.91. The normalized spacial score (nSPS) is 18.3. The molecule has 4 rings (SSSR count). The number of nitrogens with zero attached hydrogens (tertiary/aromatic N) is 1. The summed E-state index contributed by atoms with van der Waals surface area (Å²) >= 11 is 1.35. The van der Waals surface area contributed by atoms with Crippen LogP contribution in [0, 0.1) is 0 Å². The van der Waals surface area contributed by atoms with Crippen LogP contribution in [-0.4, -0.2) is 25.2 Å². The number of Topliss-reactive ketones (excluding diaryl/α,β-unsaturated/α-hetero) is 1. The molecule has 3 N–H and O–H groups in total. The maximum absolute atomic E-state index is 13.0. The first-order valence-electron chi connectivity index (χ1n) is 9.79. The summed E-state index contributed by atoms with van der Waals surface area (Å²) < 4.78 is 23.2. The molecule has 3 aromatic rings. The quantitative estimate of drug-likeness (QED) is 0.337. The van der Waals surface area contributed by atoms with Crippen LogP contribution < -0.4 is 10.0 Å². The Labute approximate surface area is 189 Å². The van der Waals surface area contributed by atoms with Crippen LogP contribution in [0.15, 0.2) is 76.5 Å². The van der Waals surface area contributed by atoms with Gasteiger partial charge in [0.05, 0.1) is 10.5 Å². The maximum atomic E-state index is 13.0. The third-order valence-electron chi connectivity index (χ3n) is 5.34. The predicted octanol–water partition coefficient (Wildman–Crippen LogP) is 3.58. The van der Waals surface area contributed by atoms with E-state index in [1.165, 1.54) is 40.5 Å². The van der Waals surface area contributed by atoms with Crippen LogP contribution in [0.5, 0.6) is 0 Å². The minimum absolute atomic E-state index is 0.0165. The van der Waals surface area contributed by atoms with Crippen LogP contribution in [0.3, 0.4) is 0 Å². The molecule has 1 aliphatic heterocycles. The molecule has 1 aromatic heterocycles. The second kappa shape index (κ2) is 8.34. The lowest BCUT2D eigenvalue weighted by Gasteiger charge is -2.24. The van der Waals surface area contributed by atoms with Gasteiger partial charge < -0.3 is 5.11 Å². The van der Waals surface area contributed by atoms with E-state index in [1.54, 1.807) is 24.3 Å². The number of thiophene rings is 1. The standard InChI is InChI=1S/C23H20N2O5S2/c1-2-14-5-7-15(8-6-14)21(26)19-20(18-4-3-13-31-18)25(23(28)22(19)27)16-9-11-17(12-10-16)32(24,29)30/h3-13,20,26H,2H2,1H3,(H2,24,29,30)/b21-19-. The van der Waals surface area contributed by atoms with E-state index in [0.29, 0.717) is 16.1 Å². The number of aryl methyl sites for hydroxylation is 1. The number of anilines is 1. The number of amides is 1. The van der Waals surface area contributed by atoms with E-state index in [4.69, 9.17) is 5.14 Å². The molecule has 0 saturated carbocycles. The molecule has 1 fully saturated rings. The van der Waals surface area contributed by atoms with Gasteiger partial charge in [-0.3, -0.25) is 14.5 Å². The summed E-state index contributed by atoms with van der Waals surface area (Å²) in [5.74, 6) is -1.87. The summed E-state index contributed by atoms with van der Waals surface area (Å²) in [5, 5.41) is 18.0. The largest absolute Gasteiger partial charge is 0.507 e. The van der Waals surface area contributed by atoms with Crippen molar-refractivity contribution in [3.63, 3.8) is 0 Å². The number of nitrogens with two attached hydrogens (primary N) is 1. The van der Waals surface area contributed by atoms with E-state index in [-0.39, 0.29) is 16.2 Å². The van der Waals surface area contributed by atoms with Crippen molar-refractivity contribution in [1.82, 2.24) is 0 Å². The number of carbonyl (C=O) groups excluding carboxylic acids is 2. The molecule has 0 bridgehead atoms. The van der Waals surface area contributed by atoms with Crippen molar-refractivity contribution in [3.8, 4) is 0 Å². The molecule has 2 heterocycles. The van der Waals surface area contributed by atoms with Crippen molar-refractivity contribution in [3.05, 3.63) is 87.6 Å². The van der Waals surface area contributed by atoms with Gasteiger partial charge in [-0.25, -0.2) is 13.6 Å². The number of aliphatic hydroxyl groups excluding tert-OH is 1. The van der Waals surface area contributed by atoms with Gasteiger partial charge in [-0.2, -0.15) is 0 Å². The fourth-order valence-corrected chi connectivity index (χ4v) is 5.00. The number of sulfonamides is 1. The van der Waals surface area contributed by atoms with E-state index in [9.17, 15) is 23.1 Å². The highest BCUT2D eigenvalue weighted by Crippen LogP contribution is 2.43.